The highest BCUT2D eigenvalue weighted by molar-refractivity contribution is 7.17. The monoisotopic (exact) mass is 454 g/mol. The number of nitrogens with one attached hydrogen (secondary N) is 1. The molecule has 0 unspecified atom stereocenters. The number of methoxy groups -OCH3 is 1. The summed E-state index contributed by atoms with van der Waals surface area (Å²) in [6.07, 6.45) is 0.699. The molecule has 0 atom stereocenters. The van der Waals surface area contributed by atoms with E-state index >= 15 is 0 Å². The van der Waals surface area contributed by atoms with Gasteiger partial charge in [-0.15, -0.1) is 11.3 Å². The highest BCUT2D eigenvalue weighted by Crippen LogP contribution is 2.38. The standard InChI is InChI=1S/C24H23FN2O4S/c1-30-24(29)22-19-11-12-27(13-16-5-3-2-4-6-16)14-20(19)32-23(22)26-21(28)15-31-18-9-7-17(25)8-10-18/h2-10H,11-15H2,1H3,(H,26,28). The molecule has 0 saturated carbocycles. The van der Waals surface area contributed by atoms with Crippen LogP contribution in [-0.4, -0.2) is 37.0 Å². The lowest BCUT2D eigenvalue weighted by molar-refractivity contribution is -0.118. The van der Waals surface area contributed by atoms with Crippen LogP contribution in [0.15, 0.2) is 54.6 Å². The number of thiophene rings is 1. The second-order valence-corrected chi connectivity index (χ2v) is 8.54. The highest BCUT2D eigenvalue weighted by atomic mass is 32.1. The van der Waals surface area contributed by atoms with Crippen molar-refractivity contribution in [3.8, 4) is 5.75 Å². The molecule has 0 aliphatic carbocycles. The third-order valence-electron chi connectivity index (χ3n) is 5.21. The van der Waals surface area contributed by atoms with Gasteiger partial charge in [-0.3, -0.25) is 9.69 Å². The number of benzene rings is 2. The van der Waals surface area contributed by atoms with Crippen LogP contribution in [0.25, 0.3) is 0 Å². The Hall–Kier alpha value is -3.23. The average Bonchev–Trinajstić information content (AvgIpc) is 3.15. The second-order valence-electron chi connectivity index (χ2n) is 7.44. The third kappa shape index (κ3) is 5.15. The molecule has 6 nitrogen and oxygen atoms in total. The number of ether oxygens (including phenoxy) is 2. The Kier molecular flexibility index (Phi) is 6.82. The zero-order valence-electron chi connectivity index (χ0n) is 17.6. The van der Waals surface area contributed by atoms with E-state index in [0.717, 1.165) is 23.5 Å². The third-order valence-corrected chi connectivity index (χ3v) is 6.34. The first-order valence-electron chi connectivity index (χ1n) is 10.2. The number of carbonyl (C=O) groups is 2. The fourth-order valence-corrected chi connectivity index (χ4v) is 4.98. The number of rotatable bonds is 7. The van der Waals surface area contributed by atoms with E-state index < -0.39 is 11.9 Å². The Morgan fingerprint density at radius 1 is 1.12 bits per heavy atom. The highest BCUT2D eigenvalue weighted by Gasteiger charge is 2.29. The van der Waals surface area contributed by atoms with Gasteiger partial charge in [0.15, 0.2) is 6.61 Å². The Balaban J connectivity index is 1.46. The second kappa shape index (κ2) is 9.93. The number of carbonyl (C=O) groups excluding carboxylic acids is 2. The van der Waals surface area contributed by atoms with Crippen LogP contribution in [0.5, 0.6) is 5.75 Å². The predicted octanol–water partition coefficient (Wildman–Crippen LogP) is 4.25. The number of halogens is 1. The summed E-state index contributed by atoms with van der Waals surface area (Å²) >= 11 is 1.39. The van der Waals surface area contributed by atoms with Crippen LogP contribution >= 0.6 is 11.3 Å². The topological polar surface area (TPSA) is 67.9 Å². The molecular weight excluding hydrogens is 431 g/mol. The van der Waals surface area contributed by atoms with Crippen molar-refractivity contribution in [1.29, 1.82) is 0 Å². The van der Waals surface area contributed by atoms with E-state index in [1.165, 1.54) is 48.3 Å². The molecule has 0 bridgehead atoms. The van der Waals surface area contributed by atoms with E-state index in [4.69, 9.17) is 9.47 Å². The summed E-state index contributed by atoms with van der Waals surface area (Å²) in [6, 6.07) is 15.6. The van der Waals surface area contributed by atoms with Crippen LogP contribution in [0, 0.1) is 5.82 Å². The van der Waals surface area contributed by atoms with Crippen LogP contribution in [-0.2, 0) is 29.0 Å². The molecule has 3 aromatic rings. The minimum absolute atomic E-state index is 0.255. The first-order valence-corrected chi connectivity index (χ1v) is 11.0. The number of hydrogen-bond donors (Lipinski definition) is 1. The molecule has 1 aliphatic heterocycles. The number of amides is 1. The SMILES string of the molecule is COC(=O)c1c(NC(=O)COc2ccc(F)cc2)sc2c1CCN(Cc1ccccc1)C2. The summed E-state index contributed by atoms with van der Waals surface area (Å²) < 4.78 is 23.4. The van der Waals surface area contributed by atoms with Gasteiger partial charge in [-0.2, -0.15) is 0 Å². The number of esters is 1. The van der Waals surface area contributed by atoms with Crippen LogP contribution in [0.2, 0.25) is 0 Å². The van der Waals surface area contributed by atoms with E-state index in [1.807, 2.05) is 18.2 Å². The first-order chi connectivity index (χ1) is 15.5. The van der Waals surface area contributed by atoms with Gasteiger partial charge in [0.05, 0.1) is 12.7 Å². The van der Waals surface area contributed by atoms with Crippen molar-refractivity contribution >= 4 is 28.2 Å². The van der Waals surface area contributed by atoms with Gasteiger partial charge in [0.25, 0.3) is 5.91 Å². The van der Waals surface area contributed by atoms with E-state index in [2.05, 4.69) is 22.3 Å². The zero-order valence-corrected chi connectivity index (χ0v) is 18.4. The molecule has 2 heterocycles. The molecule has 0 fully saturated rings. The molecule has 4 rings (SSSR count). The number of anilines is 1. The lowest BCUT2D eigenvalue weighted by Crippen LogP contribution is -2.29. The fraction of sp³-hybridized carbons (Fsp3) is 0.250. The lowest BCUT2D eigenvalue weighted by atomic mass is 10.0. The molecule has 0 saturated heterocycles. The van der Waals surface area contributed by atoms with Gasteiger partial charge in [-0.25, -0.2) is 9.18 Å². The van der Waals surface area contributed by atoms with Gasteiger partial charge in [-0.1, -0.05) is 30.3 Å². The van der Waals surface area contributed by atoms with Gasteiger partial charge in [-0.05, 0) is 41.8 Å². The van der Waals surface area contributed by atoms with Gasteiger partial charge in [0, 0.05) is 24.5 Å². The first kappa shape index (κ1) is 22.0. The molecule has 166 valence electrons. The van der Waals surface area contributed by atoms with Crippen molar-refractivity contribution in [2.24, 2.45) is 0 Å². The predicted molar refractivity (Wildman–Crippen MR) is 120 cm³/mol. The van der Waals surface area contributed by atoms with Crippen LogP contribution in [0.4, 0.5) is 9.39 Å². The van der Waals surface area contributed by atoms with E-state index in [-0.39, 0.29) is 12.4 Å². The average molecular weight is 455 g/mol. The molecule has 2 aromatic carbocycles. The van der Waals surface area contributed by atoms with Crippen molar-refractivity contribution in [3.63, 3.8) is 0 Å². The smallest absolute Gasteiger partial charge is 0.341 e. The van der Waals surface area contributed by atoms with Crippen molar-refractivity contribution in [1.82, 2.24) is 4.90 Å². The van der Waals surface area contributed by atoms with Crippen LogP contribution in [0.3, 0.4) is 0 Å². The Bertz CT molecular complexity index is 1100. The summed E-state index contributed by atoms with van der Waals surface area (Å²) in [4.78, 5) is 28.3. The molecule has 32 heavy (non-hydrogen) atoms. The number of hydrogen-bond acceptors (Lipinski definition) is 6. The maximum Gasteiger partial charge on any atom is 0.341 e. The molecule has 1 amide bonds. The molecule has 1 aliphatic rings. The molecule has 8 heteroatoms. The summed E-state index contributed by atoms with van der Waals surface area (Å²) in [5.74, 6) is -0.861. The van der Waals surface area contributed by atoms with Crippen molar-refractivity contribution in [2.45, 2.75) is 19.5 Å². The normalized spacial score (nSPS) is 13.3. The maximum absolute atomic E-state index is 13.0. The summed E-state index contributed by atoms with van der Waals surface area (Å²) in [5, 5.41) is 3.26. The van der Waals surface area contributed by atoms with Gasteiger partial charge in [0.1, 0.15) is 16.6 Å². The Labute approximate surface area is 189 Å². The molecule has 0 spiro atoms. The van der Waals surface area contributed by atoms with Crippen molar-refractivity contribution in [3.05, 3.63) is 82.0 Å². The summed E-state index contributed by atoms with van der Waals surface area (Å²) in [6.45, 7) is 2.07. The van der Waals surface area contributed by atoms with Gasteiger partial charge >= 0.3 is 5.97 Å². The van der Waals surface area contributed by atoms with E-state index in [9.17, 15) is 14.0 Å². The minimum atomic E-state index is -0.464. The molecule has 1 N–H and O–H groups in total. The number of fused-ring (bicyclic) bond motifs is 1. The Morgan fingerprint density at radius 3 is 2.59 bits per heavy atom. The van der Waals surface area contributed by atoms with E-state index in [1.54, 1.807) is 0 Å². The number of nitrogens with zero attached hydrogens (tertiary/aromatic N) is 1. The molecular formula is C24H23FN2O4S. The van der Waals surface area contributed by atoms with Crippen LogP contribution in [0.1, 0.15) is 26.4 Å². The maximum atomic E-state index is 13.0. The quantitative estimate of drug-likeness (QED) is 0.541. The zero-order chi connectivity index (χ0) is 22.5. The Morgan fingerprint density at radius 2 is 1.88 bits per heavy atom. The fourth-order valence-electron chi connectivity index (χ4n) is 3.68. The van der Waals surface area contributed by atoms with Crippen molar-refractivity contribution < 1.29 is 23.5 Å². The molecule has 1 aromatic heterocycles. The van der Waals surface area contributed by atoms with Gasteiger partial charge < -0.3 is 14.8 Å². The largest absolute Gasteiger partial charge is 0.484 e. The molecule has 0 radical (unpaired) electrons. The summed E-state index contributed by atoms with van der Waals surface area (Å²) in [7, 11) is 1.33. The summed E-state index contributed by atoms with van der Waals surface area (Å²) in [5.41, 5.74) is 2.58. The van der Waals surface area contributed by atoms with Crippen LogP contribution < -0.4 is 10.1 Å². The van der Waals surface area contributed by atoms with Crippen molar-refractivity contribution in [2.75, 3.05) is 25.6 Å². The van der Waals surface area contributed by atoms with E-state index in [0.29, 0.717) is 29.3 Å². The lowest BCUT2D eigenvalue weighted by Gasteiger charge is -2.27. The minimum Gasteiger partial charge on any atom is -0.484 e. The van der Waals surface area contributed by atoms with Gasteiger partial charge in [0.2, 0.25) is 0 Å².